The van der Waals surface area contributed by atoms with Crippen molar-refractivity contribution in [2.75, 3.05) is 25.2 Å². The van der Waals surface area contributed by atoms with E-state index in [1.54, 1.807) is 64.0 Å². The molecule has 0 bridgehead atoms. The van der Waals surface area contributed by atoms with Gasteiger partial charge in [0.15, 0.2) is 0 Å². The molecule has 36 heavy (non-hydrogen) atoms. The van der Waals surface area contributed by atoms with E-state index in [0.717, 1.165) is 0 Å². The van der Waals surface area contributed by atoms with Gasteiger partial charge in [-0.1, -0.05) is 11.6 Å². The molecule has 1 aliphatic heterocycles. The predicted molar refractivity (Wildman–Crippen MR) is 135 cm³/mol. The van der Waals surface area contributed by atoms with Gasteiger partial charge in [-0.05, 0) is 63.6 Å². The normalized spacial score (nSPS) is 14.1. The number of anilines is 1. The van der Waals surface area contributed by atoms with E-state index in [4.69, 9.17) is 25.8 Å². The molecular weight excluding hydrogens is 488 g/mol. The minimum absolute atomic E-state index is 0.0883. The van der Waals surface area contributed by atoms with Crippen LogP contribution in [0.1, 0.15) is 39.2 Å². The van der Waals surface area contributed by atoms with Crippen molar-refractivity contribution in [2.24, 2.45) is 0 Å². The Kier molecular flexibility index (Phi) is 8.37. The third-order valence-corrected chi connectivity index (χ3v) is 6.19. The van der Waals surface area contributed by atoms with Crippen LogP contribution in [-0.2, 0) is 19.1 Å². The zero-order valence-electron chi connectivity index (χ0n) is 20.7. The number of nitro benzene ring substituents is 1. The highest BCUT2D eigenvalue weighted by Gasteiger charge is 2.42. The molecular formula is C26H27ClN2O7. The Balaban J connectivity index is 2.37. The predicted octanol–water partition coefficient (Wildman–Crippen LogP) is 5.53. The van der Waals surface area contributed by atoms with Crippen LogP contribution in [0.3, 0.4) is 0 Å². The maximum Gasteiger partial charge on any atom is 0.336 e. The summed E-state index contributed by atoms with van der Waals surface area (Å²) in [4.78, 5) is 39.4. The van der Waals surface area contributed by atoms with Crippen molar-refractivity contribution in [1.29, 1.82) is 0 Å². The van der Waals surface area contributed by atoms with E-state index in [1.165, 1.54) is 18.2 Å². The fourth-order valence-electron chi connectivity index (χ4n) is 4.30. The lowest BCUT2D eigenvalue weighted by atomic mass is 9.79. The second kappa shape index (κ2) is 11.3. The summed E-state index contributed by atoms with van der Waals surface area (Å²) in [7, 11) is 1.55. The maximum absolute atomic E-state index is 13.4. The molecule has 0 unspecified atom stereocenters. The number of hydrogen-bond acceptors (Lipinski definition) is 8. The van der Waals surface area contributed by atoms with Gasteiger partial charge in [-0.25, -0.2) is 9.59 Å². The Morgan fingerprint density at radius 1 is 0.972 bits per heavy atom. The minimum atomic E-state index is -1.05. The molecule has 190 valence electrons. The van der Waals surface area contributed by atoms with Gasteiger partial charge < -0.3 is 19.1 Å². The fourth-order valence-corrected chi connectivity index (χ4v) is 4.53. The number of nitrogens with zero attached hydrogens (tertiary/aromatic N) is 2. The first-order valence-electron chi connectivity index (χ1n) is 11.3. The Morgan fingerprint density at radius 2 is 1.50 bits per heavy atom. The smallest absolute Gasteiger partial charge is 0.336 e. The minimum Gasteiger partial charge on any atom is -0.497 e. The zero-order valence-corrected chi connectivity index (χ0v) is 21.4. The molecule has 0 aromatic heterocycles. The van der Waals surface area contributed by atoms with Crippen LogP contribution in [0.5, 0.6) is 5.75 Å². The Hall–Kier alpha value is -3.85. The number of non-ortho nitro benzene ring substituents is 1. The average molecular weight is 515 g/mol. The van der Waals surface area contributed by atoms with Crippen LogP contribution in [-0.4, -0.2) is 37.2 Å². The van der Waals surface area contributed by atoms with Crippen LogP contribution in [0.15, 0.2) is 65.0 Å². The molecule has 0 spiro atoms. The number of hydrogen-bond donors (Lipinski definition) is 0. The summed E-state index contributed by atoms with van der Waals surface area (Å²) >= 11 is 6.51. The van der Waals surface area contributed by atoms with Gasteiger partial charge in [-0.15, -0.1) is 0 Å². The lowest BCUT2D eigenvalue weighted by molar-refractivity contribution is -0.384. The monoisotopic (exact) mass is 514 g/mol. The van der Waals surface area contributed by atoms with Gasteiger partial charge in [0, 0.05) is 34.2 Å². The van der Waals surface area contributed by atoms with Gasteiger partial charge in [-0.3, -0.25) is 10.1 Å². The summed E-state index contributed by atoms with van der Waals surface area (Å²) in [5.74, 6) is -1.76. The summed E-state index contributed by atoms with van der Waals surface area (Å²) in [6, 6.07) is 11.0. The van der Waals surface area contributed by atoms with Crippen molar-refractivity contribution in [2.45, 2.75) is 33.6 Å². The van der Waals surface area contributed by atoms with Crippen LogP contribution in [0.4, 0.5) is 11.4 Å². The molecule has 9 nitrogen and oxygen atoms in total. The molecule has 0 amide bonds. The third-order valence-electron chi connectivity index (χ3n) is 5.85. The Morgan fingerprint density at radius 3 is 1.94 bits per heavy atom. The van der Waals surface area contributed by atoms with Crippen molar-refractivity contribution in [3.63, 3.8) is 0 Å². The Bertz CT molecular complexity index is 1210. The molecule has 10 heteroatoms. The lowest BCUT2D eigenvalue weighted by Crippen LogP contribution is -2.35. The maximum atomic E-state index is 13.4. The standard InChI is InChI=1S/C26H27ClN2O7/c1-6-35-25(30)22-15(3)28(17-8-11-19(34-5)12-9-17)16(4)23(26(31)36-7-2)24(22)20-14-18(29(32)33)10-13-21(20)27/h8-14,24H,6-7H2,1-5H3. The van der Waals surface area contributed by atoms with Gasteiger partial charge in [0.1, 0.15) is 5.75 Å². The molecule has 1 heterocycles. The van der Waals surface area contributed by atoms with Crippen molar-refractivity contribution in [1.82, 2.24) is 0 Å². The molecule has 0 N–H and O–H groups in total. The SMILES string of the molecule is CCOC(=O)C1=C(C)N(c2ccc(OC)cc2)C(C)=C(C(=O)OCC)C1c1cc([N+](=O)[O-])ccc1Cl. The Labute approximate surface area is 214 Å². The number of methoxy groups -OCH3 is 1. The third kappa shape index (κ3) is 5.06. The number of rotatable bonds is 8. The number of ether oxygens (including phenoxy) is 3. The molecule has 0 aliphatic carbocycles. The second-order valence-electron chi connectivity index (χ2n) is 7.87. The number of carbonyl (C=O) groups excluding carboxylic acids is 2. The first-order chi connectivity index (χ1) is 17.2. The number of allylic oxidation sites excluding steroid dienone is 2. The molecule has 0 radical (unpaired) electrons. The van der Waals surface area contributed by atoms with Crippen molar-refractivity contribution in [3.8, 4) is 5.75 Å². The number of carbonyl (C=O) groups is 2. The van der Waals surface area contributed by atoms with E-state index in [2.05, 4.69) is 0 Å². The first-order valence-corrected chi connectivity index (χ1v) is 11.7. The van der Waals surface area contributed by atoms with Crippen LogP contribution in [0.2, 0.25) is 5.02 Å². The number of esters is 2. The van der Waals surface area contributed by atoms with Gasteiger partial charge in [0.05, 0.1) is 42.3 Å². The molecule has 3 rings (SSSR count). The highest BCUT2D eigenvalue weighted by molar-refractivity contribution is 6.31. The van der Waals surface area contributed by atoms with E-state index >= 15 is 0 Å². The van der Waals surface area contributed by atoms with E-state index in [1.807, 2.05) is 0 Å². The molecule has 0 saturated heterocycles. The highest BCUT2D eigenvalue weighted by atomic mass is 35.5. The van der Waals surface area contributed by atoms with Gasteiger partial charge in [-0.2, -0.15) is 0 Å². The van der Waals surface area contributed by atoms with Crippen molar-refractivity contribution >= 4 is 34.9 Å². The topological polar surface area (TPSA) is 108 Å². The van der Waals surface area contributed by atoms with E-state index < -0.39 is 22.8 Å². The summed E-state index contributed by atoms with van der Waals surface area (Å²) in [5, 5.41) is 11.7. The largest absolute Gasteiger partial charge is 0.497 e. The van der Waals surface area contributed by atoms with Gasteiger partial charge in [0.2, 0.25) is 0 Å². The first kappa shape index (κ1) is 26.7. The quantitative estimate of drug-likeness (QED) is 0.257. The number of benzene rings is 2. The van der Waals surface area contributed by atoms with E-state index in [0.29, 0.717) is 22.8 Å². The summed E-state index contributed by atoms with van der Waals surface area (Å²) in [5.41, 5.74) is 1.89. The van der Waals surface area contributed by atoms with Crippen LogP contribution in [0, 0.1) is 10.1 Å². The van der Waals surface area contributed by atoms with E-state index in [9.17, 15) is 19.7 Å². The lowest BCUT2D eigenvalue weighted by Gasteiger charge is -2.38. The molecule has 2 aromatic carbocycles. The van der Waals surface area contributed by atoms with E-state index in [-0.39, 0.29) is 40.6 Å². The van der Waals surface area contributed by atoms with Crippen molar-refractivity contribution < 1.29 is 28.7 Å². The molecule has 0 atom stereocenters. The average Bonchev–Trinajstić information content (AvgIpc) is 2.84. The van der Waals surface area contributed by atoms with Crippen molar-refractivity contribution in [3.05, 3.63) is 85.7 Å². The van der Waals surface area contributed by atoms with Gasteiger partial charge in [0.25, 0.3) is 5.69 Å². The van der Waals surface area contributed by atoms with Crippen LogP contribution in [0.25, 0.3) is 0 Å². The highest BCUT2D eigenvalue weighted by Crippen LogP contribution is 2.47. The number of halogens is 1. The summed E-state index contributed by atoms with van der Waals surface area (Å²) in [6.07, 6.45) is 0. The second-order valence-corrected chi connectivity index (χ2v) is 8.28. The zero-order chi connectivity index (χ0) is 26.6. The molecule has 2 aromatic rings. The van der Waals surface area contributed by atoms with Crippen LogP contribution < -0.4 is 9.64 Å². The van der Waals surface area contributed by atoms with Gasteiger partial charge >= 0.3 is 11.9 Å². The number of nitro groups is 1. The molecule has 0 saturated carbocycles. The fraction of sp³-hybridized carbons (Fsp3) is 0.308. The molecule has 1 aliphatic rings. The molecule has 0 fully saturated rings. The van der Waals surface area contributed by atoms with Crippen LogP contribution >= 0.6 is 11.6 Å². The summed E-state index contributed by atoms with van der Waals surface area (Å²) in [6.45, 7) is 6.96. The summed E-state index contributed by atoms with van der Waals surface area (Å²) < 4.78 is 16.0.